The number of nitrogens with zero attached hydrogens (tertiary/aromatic N) is 1. The minimum atomic E-state index is 0.257. The fourth-order valence-corrected chi connectivity index (χ4v) is 1.84. The zero-order valence-electron chi connectivity index (χ0n) is 10.7. The van der Waals surface area contributed by atoms with Gasteiger partial charge in [-0.05, 0) is 37.9 Å². The standard InChI is InChI=1S/C14H24N2/c1-4-13-5-7-14(8-6-13)9-10-16(3)11-12(2)15/h5-8,12H,4,9-11,15H2,1-3H3. The highest BCUT2D eigenvalue weighted by molar-refractivity contribution is 5.22. The van der Waals surface area contributed by atoms with Gasteiger partial charge in [0.25, 0.3) is 0 Å². The second-order valence-electron chi connectivity index (χ2n) is 4.66. The van der Waals surface area contributed by atoms with Crippen LogP contribution in [0.5, 0.6) is 0 Å². The largest absolute Gasteiger partial charge is 0.327 e. The molecule has 1 aromatic carbocycles. The van der Waals surface area contributed by atoms with Crippen molar-refractivity contribution in [3.63, 3.8) is 0 Å². The minimum Gasteiger partial charge on any atom is -0.327 e. The molecule has 1 atom stereocenters. The lowest BCUT2D eigenvalue weighted by atomic mass is 10.1. The number of benzene rings is 1. The molecule has 0 heterocycles. The van der Waals surface area contributed by atoms with Gasteiger partial charge < -0.3 is 10.6 Å². The van der Waals surface area contributed by atoms with E-state index in [4.69, 9.17) is 5.73 Å². The third-order valence-electron chi connectivity index (χ3n) is 2.81. The van der Waals surface area contributed by atoms with E-state index in [-0.39, 0.29) is 6.04 Å². The van der Waals surface area contributed by atoms with E-state index in [9.17, 15) is 0 Å². The molecule has 0 spiro atoms. The molecule has 0 saturated carbocycles. The summed E-state index contributed by atoms with van der Waals surface area (Å²) in [5.74, 6) is 0. The maximum atomic E-state index is 5.76. The van der Waals surface area contributed by atoms with E-state index >= 15 is 0 Å². The summed E-state index contributed by atoms with van der Waals surface area (Å²) in [6, 6.07) is 9.17. The van der Waals surface area contributed by atoms with Crippen molar-refractivity contribution in [3.05, 3.63) is 35.4 Å². The third-order valence-corrected chi connectivity index (χ3v) is 2.81. The average molecular weight is 220 g/mol. The first-order chi connectivity index (χ1) is 7.61. The molecule has 1 unspecified atom stereocenters. The molecule has 0 radical (unpaired) electrons. The summed E-state index contributed by atoms with van der Waals surface area (Å²) in [6.45, 7) is 6.28. The lowest BCUT2D eigenvalue weighted by Gasteiger charge is -2.18. The van der Waals surface area contributed by atoms with E-state index in [0.29, 0.717) is 0 Å². The summed E-state index contributed by atoms with van der Waals surface area (Å²) in [5.41, 5.74) is 8.58. The van der Waals surface area contributed by atoms with Crippen molar-refractivity contribution in [2.24, 2.45) is 5.73 Å². The van der Waals surface area contributed by atoms with Crippen LogP contribution in [0.1, 0.15) is 25.0 Å². The van der Waals surface area contributed by atoms with Gasteiger partial charge in [0.2, 0.25) is 0 Å². The van der Waals surface area contributed by atoms with Crippen LogP contribution >= 0.6 is 0 Å². The van der Waals surface area contributed by atoms with E-state index in [2.05, 4.69) is 43.1 Å². The molecule has 0 aliphatic carbocycles. The SMILES string of the molecule is CCc1ccc(CCN(C)CC(C)N)cc1. The Morgan fingerprint density at radius 1 is 1.19 bits per heavy atom. The van der Waals surface area contributed by atoms with Crippen LogP contribution in [-0.2, 0) is 12.8 Å². The molecule has 2 heteroatoms. The zero-order chi connectivity index (χ0) is 12.0. The Morgan fingerprint density at radius 3 is 2.25 bits per heavy atom. The quantitative estimate of drug-likeness (QED) is 0.795. The maximum Gasteiger partial charge on any atom is 0.0139 e. The zero-order valence-corrected chi connectivity index (χ0v) is 10.7. The van der Waals surface area contributed by atoms with Crippen molar-refractivity contribution in [3.8, 4) is 0 Å². The lowest BCUT2D eigenvalue weighted by molar-refractivity contribution is 0.321. The Balaban J connectivity index is 2.36. The van der Waals surface area contributed by atoms with Gasteiger partial charge in [-0.2, -0.15) is 0 Å². The highest BCUT2D eigenvalue weighted by Crippen LogP contribution is 2.06. The smallest absolute Gasteiger partial charge is 0.0139 e. The number of rotatable bonds is 6. The second-order valence-corrected chi connectivity index (χ2v) is 4.66. The van der Waals surface area contributed by atoms with Gasteiger partial charge in [-0.3, -0.25) is 0 Å². The van der Waals surface area contributed by atoms with E-state index in [1.807, 2.05) is 6.92 Å². The van der Waals surface area contributed by atoms with Gasteiger partial charge in [0.1, 0.15) is 0 Å². The predicted octanol–water partition coefficient (Wildman–Crippen LogP) is 2.07. The van der Waals surface area contributed by atoms with Gasteiger partial charge in [0.15, 0.2) is 0 Å². The topological polar surface area (TPSA) is 29.3 Å². The van der Waals surface area contributed by atoms with Crippen molar-refractivity contribution < 1.29 is 0 Å². The van der Waals surface area contributed by atoms with Crippen molar-refractivity contribution in [1.82, 2.24) is 4.90 Å². The van der Waals surface area contributed by atoms with Crippen LogP contribution in [0.25, 0.3) is 0 Å². The molecular weight excluding hydrogens is 196 g/mol. The first kappa shape index (κ1) is 13.2. The molecule has 0 amide bonds. The molecule has 0 fully saturated rings. The van der Waals surface area contributed by atoms with E-state index < -0.39 is 0 Å². The molecule has 16 heavy (non-hydrogen) atoms. The van der Waals surface area contributed by atoms with E-state index in [0.717, 1.165) is 25.9 Å². The molecule has 2 N–H and O–H groups in total. The molecule has 2 nitrogen and oxygen atoms in total. The van der Waals surface area contributed by atoms with Crippen LogP contribution in [0, 0.1) is 0 Å². The van der Waals surface area contributed by atoms with Crippen LogP contribution < -0.4 is 5.73 Å². The van der Waals surface area contributed by atoms with Gasteiger partial charge in [-0.1, -0.05) is 31.2 Å². The van der Waals surface area contributed by atoms with Crippen molar-refractivity contribution in [1.29, 1.82) is 0 Å². The predicted molar refractivity (Wildman–Crippen MR) is 70.7 cm³/mol. The third kappa shape index (κ3) is 4.77. The molecule has 0 saturated heterocycles. The molecule has 0 bridgehead atoms. The summed E-state index contributed by atoms with van der Waals surface area (Å²) in [7, 11) is 2.13. The first-order valence-electron chi connectivity index (χ1n) is 6.13. The van der Waals surface area contributed by atoms with Crippen molar-refractivity contribution >= 4 is 0 Å². The van der Waals surface area contributed by atoms with Crippen LogP contribution in [0.2, 0.25) is 0 Å². The van der Waals surface area contributed by atoms with Gasteiger partial charge in [-0.15, -0.1) is 0 Å². The van der Waals surface area contributed by atoms with Gasteiger partial charge >= 0.3 is 0 Å². The normalized spacial score (nSPS) is 13.1. The Morgan fingerprint density at radius 2 is 1.75 bits per heavy atom. The second kappa shape index (κ2) is 6.66. The number of nitrogens with two attached hydrogens (primary N) is 1. The molecule has 1 rings (SSSR count). The lowest BCUT2D eigenvalue weighted by Crippen LogP contribution is -2.34. The highest BCUT2D eigenvalue weighted by Gasteiger charge is 2.02. The average Bonchev–Trinajstić information content (AvgIpc) is 2.26. The number of hydrogen-bond acceptors (Lipinski definition) is 2. The first-order valence-corrected chi connectivity index (χ1v) is 6.13. The van der Waals surface area contributed by atoms with Crippen LogP contribution in [0.3, 0.4) is 0 Å². The Bertz CT molecular complexity index is 290. The summed E-state index contributed by atoms with van der Waals surface area (Å²) in [4.78, 5) is 2.29. The molecule has 0 aromatic heterocycles. The van der Waals surface area contributed by atoms with E-state index in [1.54, 1.807) is 0 Å². The fourth-order valence-electron chi connectivity index (χ4n) is 1.84. The van der Waals surface area contributed by atoms with E-state index in [1.165, 1.54) is 11.1 Å². The van der Waals surface area contributed by atoms with Crippen LogP contribution in [0.15, 0.2) is 24.3 Å². The summed E-state index contributed by atoms with van der Waals surface area (Å²) < 4.78 is 0. The molecule has 1 aromatic rings. The Kier molecular flexibility index (Phi) is 5.50. The number of hydrogen-bond donors (Lipinski definition) is 1. The van der Waals surface area contributed by atoms with Gasteiger partial charge in [0.05, 0.1) is 0 Å². The van der Waals surface area contributed by atoms with Crippen LogP contribution in [-0.4, -0.2) is 31.1 Å². The van der Waals surface area contributed by atoms with Crippen LogP contribution in [0.4, 0.5) is 0 Å². The molecule has 0 aliphatic rings. The number of aryl methyl sites for hydroxylation is 1. The molecule has 0 aliphatic heterocycles. The van der Waals surface area contributed by atoms with Gasteiger partial charge in [-0.25, -0.2) is 0 Å². The summed E-state index contributed by atoms with van der Waals surface area (Å²) in [6.07, 6.45) is 2.22. The van der Waals surface area contributed by atoms with Gasteiger partial charge in [0, 0.05) is 19.1 Å². The molecule has 90 valence electrons. The van der Waals surface area contributed by atoms with Crippen molar-refractivity contribution in [2.75, 3.05) is 20.1 Å². The number of likely N-dealkylation sites (N-methyl/N-ethyl adjacent to an activating group) is 1. The summed E-state index contributed by atoms with van der Waals surface area (Å²) in [5, 5.41) is 0. The molecular formula is C14H24N2. The Hall–Kier alpha value is -0.860. The highest BCUT2D eigenvalue weighted by atomic mass is 15.1. The Labute approximate surface area is 99.5 Å². The fraction of sp³-hybridized carbons (Fsp3) is 0.571. The summed E-state index contributed by atoms with van der Waals surface area (Å²) >= 11 is 0. The maximum absolute atomic E-state index is 5.76. The minimum absolute atomic E-state index is 0.257. The van der Waals surface area contributed by atoms with Crippen molar-refractivity contribution in [2.45, 2.75) is 32.7 Å². The monoisotopic (exact) mass is 220 g/mol.